The molecule has 0 aliphatic rings. The van der Waals surface area contributed by atoms with Gasteiger partial charge in [0.1, 0.15) is 10.6 Å². The monoisotopic (exact) mass is 271 g/mol. The van der Waals surface area contributed by atoms with Crippen molar-refractivity contribution in [3.8, 4) is 0 Å². The smallest absolute Gasteiger partial charge is 0.316 e. The van der Waals surface area contributed by atoms with Gasteiger partial charge in [-0.15, -0.1) is 0 Å². The average Bonchev–Trinajstić information content (AvgIpc) is 2.49. The first-order chi connectivity index (χ1) is 8.24. The number of esters is 1. The minimum Gasteiger partial charge on any atom is -0.459 e. The van der Waals surface area contributed by atoms with Crippen molar-refractivity contribution in [2.45, 2.75) is 44.7 Å². The van der Waals surface area contributed by atoms with Gasteiger partial charge in [0, 0.05) is 7.05 Å². The maximum atomic E-state index is 11.6. The van der Waals surface area contributed by atoms with Gasteiger partial charge in [0.05, 0.1) is 17.1 Å². The molecule has 0 amide bonds. The van der Waals surface area contributed by atoms with E-state index in [1.807, 2.05) is 34.7 Å². The topological polar surface area (TPSA) is 70.1 Å². The highest BCUT2D eigenvalue weighted by Crippen LogP contribution is 2.28. The van der Waals surface area contributed by atoms with Crippen LogP contribution in [0.1, 0.15) is 33.4 Å². The fourth-order valence-electron chi connectivity index (χ4n) is 1.51. The summed E-state index contributed by atoms with van der Waals surface area (Å²) in [5.74, 6) is -0.00407. The summed E-state index contributed by atoms with van der Waals surface area (Å²) in [5, 5.41) is 5.12. The molecule has 1 heterocycles. The van der Waals surface area contributed by atoms with Crippen LogP contribution in [0.25, 0.3) is 0 Å². The van der Waals surface area contributed by atoms with E-state index in [2.05, 4.69) is 5.10 Å². The average molecular weight is 271 g/mol. The van der Waals surface area contributed by atoms with Crippen LogP contribution in [0.2, 0.25) is 0 Å². The Bertz CT molecular complexity index is 435. The van der Waals surface area contributed by atoms with E-state index in [-0.39, 0.29) is 11.7 Å². The first-order valence-electron chi connectivity index (χ1n) is 5.90. The number of nitrogens with two attached hydrogens (primary N) is 1. The molecule has 0 bridgehead atoms. The molecule has 2 N–H and O–H groups in total. The Hall–Kier alpha value is -1.17. The summed E-state index contributed by atoms with van der Waals surface area (Å²) in [7, 11) is 1.83. The number of nitrogens with zero attached hydrogens (tertiary/aromatic N) is 2. The van der Waals surface area contributed by atoms with Gasteiger partial charge in [0.25, 0.3) is 0 Å². The normalized spacial score (nSPS) is 11.6. The Labute approximate surface area is 112 Å². The van der Waals surface area contributed by atoms with Crippen molar-refractivity contribution >= 4 is 23.4 Å². The van der Waals surface area contributed by atoms with E-state index in [0.29, 0.717) is 5.69 Å². The molecule has 5 nitrogen and oxygen atoms in total. The van der Waals surface area contributed by atoms with E-state index in [9.17, 15) is 4.79 Å². The van der Waals surface area contributed by atoms with E-state index in [1.165, 1.54) is 11.8 Å². The second-order valence-corrected chi connectivity index (χ2v) is 5.98. The van der Waals surface area contributed by atoms with Crippen LogP contribution < -0.4 is 5.73 Å². The number of carbonyl (C=O) groups is 1. The van der Waals surface area contributed by atoms with Crippen LogP contribution in [-0.2, 0) is 23.0 Å². The Morgan fingerprint density at radius 3 is 2.56 bits per heavy atom. The standard InChI is InChI=1S/C12H21N3O2S/c1-6-8-10(13)11(15(5)14-8)18-7-9(16)17-12(2,3)4/h6-7,13H2,1-5H3. The van der Waals surface area contributed by atoms with Gasteiger partial charge in [0.15, 0.2) is 0 Å². The number of hydrogen-bond acceptors (Lipinski definition) is 5. The molecule has 0 aliphatic heterocycles. The van der Waals surface area contributed by atoms with Gasteiger partial charge in [-0.3, -0.25) is 9.48 Å². The first-order valence-corrected chi connectivity index (χ1v) is 6.89. The molecule has 1 aromatic rings. The molecule has 1 rings (SSSR count). The Morgan fingerprint density at radius 2 is 2.11 bits per heavy atom. The summed E-state index contributed by atoms with van der Waals surface area (Å²) < 4.78 is 6.95. The summed E-state index contributed by atoms with van der Waals surface area (Å²) in [6.45, 7) is 7.55. The third-order valence-corrected chi connectivity index (χ3v) is 3.33. The SMILES string of the molecule is CCc1nn(C)c(SCC(=O)OC(C)(C)C)c1N. The molecule has 0 spiro atoms. The highest BCUT2D eigenvalue weighted by atomic mass is 32.2. The molecule has 0 radical (unpaired) electrons. The summed E-state index contributed by atoms with van der Waals surface area (Å²) in [5.41, 5.74) is 7.04. The molecule has 102 valence electrons. The van der Waals surface area contributed by atoms with E-state index in [0.717, 1.165) is 17.1 Å². The third-order valence-electron chi connectivity index (χ3n) is 2.19. The molecule has 0 aliphatic carbocycles. The van der Waals surface area contributed by atoms with Gasteiger partial charge in [-0.05, 0) is 27.2 Å². The number of rotatable bonds is 4. The van der Waals surface area contributed by atoms with Gasteiger partial charge in [-0.25, -0.2) is 0 Å². The molecule has 0 saturated heterocycles. The number of thioether (sulfide) groups is 1. The van der Waals surface area contributed by atoms with Crippen LogP contribution in [0.5, 0.6) is 0 Å². The number of aryl methyl sites for hydroxylation is 2. The lowest BCUT2D eigenvalue weighted by Gasteiger charge is -2.19. The fraction of sp³-hybridized carbons (Fsp3) is 0.667. The second-order valence-electron chi connectivity index (χ2n) is 5.02. The molecular formula is C12H21N3O2S. The highest BCUT2D eigenvalue weighted by molar-refractivity contribution is 8.00. The molecule has 0 saturated carbocycles. The lowest BCUT2D eigenvalue weighted by Crippen LogP contribution is -2.25. The lowest BCUT2D eigenvalue weighted by molar-refractivity contribution is -0.151. The van der Waals surface area contributed by atoms with Crippen molar-refractivity contribution in [3.63, 3.8) is 0 Å². The van der Waals surface area contributed by atoms with Crippen molar-refractivity contribution in [1.29, 1.82) is 0 Å². The summed E-state index contributed by atoms with van der Waals surface area (Å²) >= 11 is 1.36. The van der Waals surface area contributed by atoms with Crippen LogP contribution in [-0.4, -0.2) is 27.1 Å². The lowest BCUT2D eigenvalue weighted by atomic mass is 10.2. The Balaban J connectivity index is 2.64. The third kappa shape index (κ3) is 3.94. The molecule has 18 heavy (non-hydrogen) atoms. The molecule has 0 atom stereocenters. The zero-order valence-corrected chi connectivity index (χ0v) is 12.4. The fourth-order valence-corrected chi connectivity index (χ4v) is 2.32. The van der Waals surface area contributed by atoms with E-state index < -0.39 is 5.60 Å². The van der Waals surface area contributed by atoms with Crippen LogP contribution in [0.15, 0.2) is 5.03 Å². The van der Waals surface area contributed by atoms with Gasteiger partial charge >= 0.3 is 5.97 Å². The first kappa shape index (κ1) is 14.9. The summed E-state index contributed by atoms with van der Waals surface area (Å²) in [6, 6.07) is 0. The van der Waals surface area contributed by atoms with Crippen LogP contribution in [0.3, 0.4) is 0 Å². The van der Waals surface area contributed by atoms with E-state index in [1.54, 1.807) is 4.68 Å². The minimum absolute atomic E-state index is 0.240. The Morgan fingerprint density at radius 1 is 1.50 bits per heavy atom. The largest absolute Gasteiger partial charge is 0.459 e. The maximum Gasteiger partial charge on any atom is 0.316 e. The van der Waals surface area contributed by atoms with Crippen molar-refractivity contribution in [1.82, 2.24) is 9.78 Å². The van der Waals surface area contributed by atoms with Crippen molar-refractivity contribution in [3.05, 3.63) is 5.69 Å². The molecule has 1 aromatic heterocycles. The number of anilines is 1. The van der Waals surface area contributed by atoms with E-state index >= 15 is 0 Å². The molecule has 0 aromatic carbocycles. The van der Waals surface area contributed by atoms with Gasteiger partial charge in [-0.2, -0.15) is 5.10 Å². The van der Waals surface area contributed by atoms with Crippen molar-refractivity contribution in [2.24, 2.45) is 7.05 Å². The molecular weight excluding hydrogens is 250 g/mol. The minimum atomic E-state index is -0.454. The Kier molecular flexibility index (Phi) is 4.67. The maximum absolute atomic E-state index is 11.6. The quantitative estimate of drug-likeness (QED) is 0.670. The van der Waals surface area contributed by atoms with Crippen LogP contribution in [0.4, 0.5) is 5.69 Å². The number of carbonyl (C=O) groups excluding carboxylic acids is 1. The second kappa shape index (κ2) is 5.65. The molecule has 0 unspecified atom stereocenters. The van der Waals surface area contributed by atoms with Gasteiger partial charge < -0.3 is 10.5 Å². The number of hydrogen-bond donors (Lipinski definition) is 1. The van der Waals surface area contributed by atoms with Crippen LogP contribution in [0, 0.1) is 0 Å². The predicted molar refractivity (Wildman–Crippen MR) is 73.6 cm³/mol. The number of aromatic nitrogens is 2. The van der Waals surface area contributed by atoms with E-state index in [4.69, 9.17) is 10.5 Å². The van der Waals surface area contributed by atoms with Crippen LogP contribution >= 0.6 is 11.8 Å². The molecule has 6 heteroatoms. The highest BCUT2D eigenvalue weighted by Gasteiger charge is 2.18. The molecule has 0 fully saturated rings. The summed E-state index contributed by atoms with van der Waals surface area (Å²) in [4.78, 5) is 11.6. The number of ether oxygens (including phenoxy) is 1. The number of nitrogen functional groups attached to an aromatic ring is 1. The van der Waals surface area contributed by atoms with Gasteiger partial charge in [0.2, 0.25) is 0 Å². The zero-order valence-electron chi connectivity index (χ0n) is 11.6. The van der Waals surface area contributed by atoms with Crippen molar-refractivity contribution < 1.29 is 9.53 Å². The zero-order chi connectivity index (χ0) is 13.9. The van der Waals surface area contributed by atoms with Gasteiger partial charge in [-0.1, -0.05) is 18.7 Å². The van der Waals surface area contributed by atoms with Crippen molar-refractivity contribution in [2.75, 3.05) is 11.5 Å². The predicted octanol–water partition coefficient (Wildman–Crippen LogP) is 2.00. The summed E-state index contributed by atoms with van der Waals surface area (Å²) in [6.07, 6.45) is 0.784.